The largest absolute Gasteiger partial charge is 0.481 e. The Morgan fingerprint density at radius 2 is 1.71 bits per heavy atom. The molecule has 0 unspecified atom stereocenters. The number of carbonyl (C=O) groups excluding carboxylic acids is 1. The summed E-state index contributed by atoms with van der Waals surface area (Å²) in [5.41, 5.74) is -0.595. The normalized spacial score (nSPS) is 13.0. The highest BCUT2D eigenvalue weighted by Crippen LogP contribution is 2.16. The zero-order valence-corrected chi connectivity index (χ0v) is 13.5. The summed E-state index contributed by atoms with van der Waals surface area (Å²) in [7, 11) is 0. The van der Waals surface area contributed by atoms with E-state index in [9.17, 15) is 9.59 Å². The van der Waals surface area contributed by atoms with Gasteiger partial charge in [-0.3, -0.25) is 9.59 Å². The van der Waals surface area contributed by atoms with Crippen LogP contribution in [0, 0.1) is 5.92 Å². The van der Waals surface area contributed by atoms with Crippen molar-refractivity contribution in [1.82, 2.24) is 0 Å². The first kappa shape index (κ1) is 19.9. The number of aliphatic carboxylic acids is 1. The summed E-state index contributed by atoms with van der Waals surface area (Å²) in [6.45, 7) is 9.33. The fourth-order valence-electron chi connectivity index (χ4n) is 1.69. The van der Waals surface area contributed by atoms with E-state index in [1.807, 2.05) is 6.92 Å². The van der Waals surface area contributed by atoms with E-state index in [2.05, 4.69) is 0 Å². The minimum Gasteiger partial charge on any atom is -0.481 e. The number of carbonyl (C=O) groups is 2. The van der Waals surface area contributed by atoms with E-state index in [4.69, 9.17) is 19.3 Å². The Kier molecular flexibility index (Phi) is 9.99. The molecule has 0 radical (unpaired) electrons. The molecule has 21 heavy (non-hydrogen) atoms. The Hall–Kier alpha value is -1.14. The number of carboxylic acid groups (broad SMARTS) is 1. The van der Waals surface area contributed by atoms with Crippen LogP contribution in [0.4, 0.5) is 0 Å². The van der Waals surface area contributed by atoms with Gasteiger partial charge in [0.25, 0.3) is 0 Å². The average Bonchev–Trinajstić information content (AvgIpc) is 2.33. The van der Waals surface area contributed by atoms with Crippen molar-refractivity contribution in [3.8, 4) is 0 Å². The van der Waals surface area contributed by atoms with E-state index >= 15 is 0 Å². The molecule has 0 saturated heterocycles. The molecule has 0 fully saturated rings. The zero-order valence-electron chi connectivity index (χ0n) is 13.5. The lowest BCUT2D eigenvalue weighted by atomic mass is 10.00. The Labute approximate surface area is 126 Å². The Bertz CT molecular complexity index is 308. The maximum atomic E-state index is 11.6. The summed E-state index contributed by atoms with van der Waals surface area (Å²) in [4.78, 5) is 22.8. The number of carboxylic acids is 1. The minimum absolute atomic E-state index is 0.106. The van der Waals surface area contributed by atoms with Crippen LogP contribution in [-0.4, -0.2) is 49.1 Å². The van der Waals surface area contributed by atoms with Gasteiger partial charge in [-0.1, -0.05) is 0 Å². The highest BCUT2D eigenvalue weighted by Gasteiger charge is 2.24. The van der Waals surface area contributed by atoms with Gasteiger partial charge in [0.05, 0.1) is 25.6 Å². The fourth-order valence-corrected chi connectivity index (χ4v) is 1.69. The van der Waals surface area contributed by atoms with Gasteiger partial charge >= 0.3 is 11.9 Å². The van der Waals surface area contributed by atoms with Gasteiger partial charge in [0.1, 0.15) is 5.60 Å². The van der Waals surface area contributed by atoms with E-state index in [0.29, 0.717) is 39.3 Å². The second-order valence-electron chi connectivity index (χ2n) is 5.78. The van der Waals surface area contributed by atoms with Crippen LogP contribution in [0.5, 0.6) is 0 Å². The van der Waals surface area contributed by atoms with Crippen LogP contribution in [0.2, 0.25) is 0 Å². The summed E-state index contributed by atoms with van der Waals surface area (Å²) < 4.78 is 15.6. The topological polar surface area (TPSA) is 82.1 Å². The molecule has 0 rings (SSSR count). The zero-order chi connectivity index (χ0) is 16.3. The van der Waals surface area contributed by atoms with Crippen LogP contribution >= 0.6 is 0 Å². The van der Waals surface area contributed by atoms with E-state index in [-0.39, 0.29) is 6.42 Å². The number of esters is 1. The highest BCUT2D eigenvalue weighted by atomic mass is 16.6. The highest BCUT2D eigenvalue weighted by molar-refractivity contribution is 5.78. The number of hydrogen-bond acceptors (Lipinski definition) is 5. The van der Waals surface area contributed by atoms with Gasteiger partial charge in [0.2, 0.25) is 0 Å². The van der Waals surface area contributed by atoms with Crippen molar-refractivity contribution in [2.45, 2.75) is 52.6 Å². The molecule has 0 aromatic heterocycles. The van der Waals surface area contributed by atoms with Crippen LogP contribution in [0.15, 0.2) is 0 Å². The molecule has 1 N–H and O–H groups in total. The standard InChI is InChI=1S/C15H28O6/c1-5-19-9-10-20-8-6-7-12(14(17)18)11-13(16)21-15(2,3)4/h12H,5-11H2,1-4H3,(H,17,18)/t12-/m1/s1. The SMILES string of the molecule is CCOCCOCCC[C@H](CC(=O)OC(C)(C)C)C(=O)O. The van der Waals surface area contributed by atoms with Crippen LogP contribution in [0.1, 0.15) is 47.0 Å². The number of ether oxygens (including phenoxy) is 3. The molecule has 0 aromatic carbocycles. The molecule has 0 spiro atoms. The van der Waals surface area contributed by atoms with E-state index in [1.54, 1.807) is 20.8 Å². The van der Waals surface area contributed by atoms with Gasteiger partial charge in [0, 0.05) is 13.2 Å². The third-order valence-electron chi connectivity index (χ3n) is 2.60. The van der Waals surface area contributed by atoms with Gasteiger partial charge in [-0.05, 0) is 40.5 Å². The summed E-state index contributed by atoms with van der Waals surface area (Å²) >= 11 is 0. The lowest BCUT2D eigenvalue weighted by Crippen LogP contribution is -2.27. The molecular formula is C15H28O6. The van der Waals surface area contributed by atoms with Crippen LogP contribution in [0.3, 0.4) is 0 Å². The maximum absolute atomic E-state index is 11.6. The molecule has 0 bridgehead atoms. The van der Waals surface area contributed by atoms with E-state index in [0.717, 1.165) is 0 Å². The van der Waals surface area contributed by atoms with Crippen molar-refractivity contribution in [2.75, 3.05) is 26.4 Å². The van der Waals surface area contributed by atoms with E-state index in [1.165, 1.54) is 0 Å². The molecule has 0 aliphatic carbocycles. The fraction of sp³-hybridized carbons (Fsp3) is 0.867. The molecule has 0 amide bonds. The summed E-state index contributed by atoms with van der Waals surface area (Å²) in [5, 5.41) is 9.12. The Balaban J connectivity index is 3.93. The molecule has 0 aromatic rings. The maximum Gasteiger partial charge on any atom is 0.307 e. The first-order valence-electron chi connectivity index (χ1n) is 7.36. The van der Waals surface area contributed by atoms with Crippen molar-refractivity contribution in [1.29, 1.82) is 0 Å². The monoisotopic (exact) mass is 304 g/mol. The van der Waals surface area contributed by atoms with Crippen molar-refractivity contribution >= 4 is 11.9 Å². The smallest absolute Gasteiger partial charge is 0.307 e. The number of hydrogen-bond donors (Lipinski definition) is 1. The Morgan fingerprint density at radius 1 is 1.10 bits per heavy atom. The van der Waals surface area contributed by atoms with Crippen molar-refractivity contribution in [2.24, 2.45) is 5.92 Å². The predicted octanol–water partition coefficient (Wildman–Crippen LogP) is 2.25. The lowest BCUT2D eigenvalue weighted by Gasteiger charge is -2.21. The third kappa shape index (κ3) is 12.3. The van der Waals surface area contributed by atoms with E-state index < -0.39 is 23.5 Å². The minimum atomic E-state index is -0.977. The molecule has 0 aliphatic heterocycles. The molecule has 6 nitrogen and oxygen atoms in total. The van der Waals surface area contributed by atoms with Gasteiger partial charge in [-0.15, -0.1) is 0 Å². The van der Waals surface area contributed by atoms with Gasteiger partial charge in [-0.2, -0.15) is 0 Å². The first-order chi connectivity index (χ1) is 9.76. The molecule has 0 heterocycles. The molecule has 1 atom stereocenters. The summed E-state index contributed by atoms with van der Waals surface area (Å²) in [5.74, 6) is -2.18. The quantitative estimate of drug-likeness (QED) is 0.466. The summed E-state index contributed by atoms with van der Waals surface area (Å²) in [6.07, 6.45) is 0.876. The Morgan fingerprint density at radius 3 is 2.24 bits per heavy atom. The third-order valence-corrected chi connectivity index (χ3v) is 2.60. The van der Waals surface area contributed by atoms with Gasteiger partial charge in [-0.25, -0.2) is 0 Å². The lowest BCUT2D eigenvalue weighted by molar-refractivity contribution is -0.160. The number of rotatable bonds is 11. The van der Waals surface area contributed by atoms with Gasteiger partial charge in [0.15, 0.2) is 0 Å². The van der Waals surface area contributed by atoms with Gasteiger partial charge < -0.3 is 19.3 Å². The molecular weight excluding hydrogens is 276 g/mol. The second-order valence-corrected chi connectivity index (χ2v) is 5.78. The summed E-state index contributed by atoms with van der Waals surface area (Å²) in [6, 6.07) is 0. The molecule has 0 aliphatic rings. The molecule has 124 valence electrons. The average molecular weight is 304 g/mol. The molecule has 6 heteroatoms. The van der Waals surface area contributed by atoms with Crippen molar-refractivity contribution < 1.29 is 28.9 Å². The van der Waals surface area contributed by atoms with Crippen molar-refractivity contribution in [3.63, 3.8) is 0 Å². The molecule has 0 saturated carbocycles. The van der Waals surface area contributed by atoms with Crippen LogP contribution < -0.4 is 0 Å². The predicted molar refractivity (Wildman–Crippen MR) is 78.1 cm³/mol. The van der Waals surface area contributed by atoms with Crippen LogP contribution in [0.25, 0.3) is 0 Å². The second kappa shape index (κ2) is 10.6. The first-order valence-corrected chi connectivity index (χ1v) is 7.36. The van der Waals surface area contributed by atoms with Crippen molar-refractivity contribution in [3.05, 3.63) is 0 Å². The van der Waals surface area contributed by atoms with Crippen LogP contribution in [-0.2, 0) is 23.8 Å².